The summed E-state index contributed by atoms with van der Waals surface area (Å²) in [5, 5.41) is 0. The van der Waals surface area contributed by atoms with Crippen LogP contribution in [0.5, 0.6) is 0 Å². The molecule has 0 spiro atoms. The fraction of sp³-hybridized carbons (Fsp3) is 0.167. The van der Waals surface area contributed by atoms with E-state index in [1.165, 1.54) is 0 Å². The molecule has 0 N–H and O–H groups in total. The molecule has 2 heteroatoms. The average Bonchev–Trinajstić information content (AvgIpc) is 1.69. The van der Waals surface area contributed by atoms with E-state index in [1.54, 1.807) is 12.3 Å². The van der Waals surface area contributed by atoms with Crippen molar-refractivity contribution in [1.82, 2.24) is 4.98 Å². The normalized spacial score (nSPS) is 7.62. The van der Waals surface area contributed by atoms with Crippen molar-refractivity contribution in [2.45, 2.75) is 6.92 Å². The van der Waals surface area contributed by atoms with Crippen LogP contribution in [0.1, 0.15) is 5.69 Å². The number of aryl methyl sites for hydroxylation is 1. The molecule has 0 aliphatic carbocycles. The van der Waals surface area contributed by atoms with Crippen LogP contribution in [0.25, 0.3) is 0 Å². The summed E-state index contributed by atoms with van der Waals surface area (Å²) < 4.78 is 0. The van der Waals surface area contributed by atoms with Gasteiger partial charge < -0.3 is 4.98 Å². The topological polar surface area (TPSA) is 12.9 Å². The molecule has 0 saturated carbocycles. The largest absolute Gasteiger partial charge is 1.00 e. The molecule has 1 nitrogen and oxygen atoms in total. The second-order valence-electron chi connectivity index (χ2n) is 1.40. The van der Waals surface area contributed by atoms with Gasteiger partial charge in [-0.2, -0.15) is 18.2 Å². The van der Waals surface area contributed by atoms with Gasteiger partial charge in [-0.25, -0.2) is 0 Å². The fourth-order valence-electron chi connectivity index (χ4n) is 0.404. The van der Waals surface area contributed by atoms with Crippen molar-refractivity contribution in [2.24, 2.45) is 0 Å². The van der Waals surface area contributed by atoms with Crippen molar-refractivity contribution in [3.63, 3.8) is 0 Å². The van der Waals surface area contributed by atoms with E-state index in [0.717, 1.165) is 5.69 Å². The molecule has 1 aromatic heterocycles. The molecule has 0 saturated heterocycles. The summed E-state index contributed by atoms with van der Waals surface area (Å²) in [5.41, 5.74) is 1.02. The minimum Gasteiger partial charge on any atom is -0.388 e. The Morgan fingerprint density at radius 3 is 2.62 bits per heavy atom. The van der Waals surface area contributed by atoms with E-state index in [2.05, 4.69) is 11.1 Å². The monoisotopic (exact) mass is 177 g/mol. The van der Waals surface area contributed by atoms with Crippen molar-refractivity contribution in [2.75, 3.05) is 0 Å². The molecule has 0 aliphatic heterocycles. The molecule has 0 atom stereocenters. The van der Waals surface area contributed by atoms with Crippen LogP contribution in [-0.4, -0.2) is 4.98 Å². The van der Waals surface area contributed by atoms with Crippen LogP contribution in [0.4, 0.5) is 0 Å². The third kappa shape index (κ3) is 3.08. The number of aromatic nitrogens is 1. The van der Waals surface area contributed by atoms with Gasteiger partial charge in [0, 0.05) is 0 Å². The number of hydrogen-bond acceptors (Lipinski definition) is 1. The Morgan fingerprint density at radius 1 is 1.62 bits per heavy atom. The van der Waals surface area contributed by atoms with Gasteiger partial charge in [0.15, 0.2) is 0 Å². The third-order valence-corrected chi connectivity index (χ3v) is 0.741. The van der Waals surface area contributed by atoms with Gasteiger partial charge in [-0.15, -0.1) is 0 Å². The fourth-order valence-corrected chi connectivity index (χ4v) is 0.404. The van der Waals surface area contributed by atoms with Gasteiger partial charge in [0.05, 0.1) is 0 Å². The van der Waals surface area contributed by atoms with Crippen molar-refractivity contribution < 1.29 is 58.2 Å². The molecule has 1 aromatic rings. The van der Waals surface area contributed by atoms with E-state index < -0.39 is 0 Å². The number of hydrogen-bond donors (Lipinski definition) is 0. The van der Waals surface area contributed by atoms with Crippen molar-refractivity contribution >= 4 is 0 Å². The van der Waals surface area contributed by atoms with Gasteiger partial charge in [0.2, 0.25) is 0 Å². The molecule has 0 radical (unpaired) electrons. The molecule has 8 heavy (non-hydrogen) atoms. The molecule has 0 bridgehead atoms. The molecule has 0 aliphatic rings. The Bertz CT molecular complexity index is 138. The number of pyridine rings is 1. The summed E-state index contributed by atoms with van der Waals surface area (Å²) >= 11 is 0. The van der Waals surface area contributed by atoms with E-state index in [0.29, 0.717) is 0 Å². The van der Waals surface area contributed by atoms with Crippen LogP contribution in [0.2, 0.25) is 0 Å². The summed E-state index contributed by atoms with van der Waals surface area (Å²) in [6.45, 7) is 1.94. The van der Waals surface area contributed by atoms with Gasteiger partial charge in [0.1, 0.15) is 0 Å². The SMILES string of the molecule is Cc1c[c-]ccn1.[Rb+]. The van der Waals surface area contributed by atoms with Gasteiger partial charge in [0.25, 0.3) is 0 Å². The molecule has 36 valence electrons. The van der Waals surface area contributed by atoms with Crippen LogP contribution in [0.15, 0.2) is 18.3 Å². The molecular weight excluding hydrogens is 172 g/mol. The summed E-state index contributed by atoms with van der Waals surface area (Å²) in [6, 6.07) is 6.53. The Labute approximate surface area is 98.3 Å². The Hall–Kier alpha value is 0.955. The van der Waals surface area contributed by atoms with E-state index >= 15 is 0 Å². The first kappa shape index (κ1) is 8.96. The van der Waals surface area contributed by atoms with Crippen LogP contribution in [-0.2, 0) is 0 Å². The van der Waals surface area contributed by atoms with Crippen LogP contribution >= 0.6 is 0 Å². The molecule has 1 rings (SSSR count). The second-order valence-corrected chi connectivity index (χ2v) is 1.40. The third-order valence-electron chi connectivity index (χ3n) is 0.741. The Balaban J connectivity index is 0.000000490. The van der Waals surface area contributed by atoms with Crippen LogP contribution in [0.3, 0.4) is 0 Å². The second kappa shape index (κ2) is 4.80. The molecule has 0 amide bonds. The van der Waals surface area contributed by atoms with Crippen molar-refractivity contribution in [1.29, 1.82) is 0 Å². The van der Waals surface area contributed by atoms with Crippen LogP contribution < -0.4 is 58.2 Å². The van der Waals surface area contributed by atoms with E-state index in [1.807, 2.05) is 13.0 Å². The first-order valence-corrected chi connectivity index (χ1v) is 2.18. The van der Waals surface area contributed by atoms with E-state index in [-0.39, 0.29) is 58.2 Å². The van der Waals surface area contributed by atoms with Gasteiger partial charge in [-0.1, -0.05) is 18.8 Å². The maximum Gasteiger partial charge on any atom is 1.00 e. The summed E-state index contributed by atoms with van der Waals surface area (Å²) in [7, 11) is 0. The minimum atomic E-state index is 0. The van der Waals surface area contributed by atoms with Crippen molar-refractivity contribution in [3.05, 3.63) is 30.1 Å². The zero-order valence-corrected chi connectivity index (χ0v) is 10.1. The minimum absolute atomic E-state index is 0. The standard InChI is InChI=1S/C6H6N.Rb/c1-6-4-2-3-5-7-6;/h3-5H,1H3;/q-1;+1. The Kier molecular flexibility index (Phi) is 5.37. The smallest absolute Gasteiger partial charge is 0.388 e. The summed E-state index contributed by atoms with van der Waals surface area (Å²) in [5.74, 6) is 0. The molecular formula is C6H6NRb. The first-order chi connectivity index (χ1) is 3.39. The number of nitrogens with zero attached hydrogens (tertiary/aromatic N) is 1. The average molecular weight is 178 g/mol. The number of rotatable bonds is 0. The quantitative estimate of drug-likeness (QED) is 0.426. The van der Waals surface area contributed by atoms with Gasteiger partial charge in [-0.3, -0.25) is 0 Å². The predicted octanol–water partition coefficient (Wildman–Crippen LogP) is -1.81. The maximum atomic E-state index is 3.95. The van der Waals surface area contributed by atoms with Gasteiger partial charge >= 0.3 is 58.2 Å². The molecule has 0 fully saturated rings. The first-order valence-electron chi connectivity index (χ1n) is 2.18. The molecule has 0 unspecified atom stereocenters. The van der Waals surface area contributed by atoms with Gasteiger partial charge in [-0.05, 0) is 0 Å². The zero-order valence-electron chi connectivity index (χ0n) is 5.18. The summed E-state index contributed by atoms with van der Waals surface area (Å²) in [6.07, 6.45) is 1.73. The maximum absolute atomic E-state index is 3.95. The molecule has 1 heterocycles. The van der Waals surface area contributed by atoms with E-state index in [4.69, 9.17) is 0 Å². The predicted molar refractivity (Wildman–Crippen MR) is 27.8 cm³/mol. The zero-order chi connectivity index (χ0) is 5.11. The van der Waals surface area contributed by atoms with E-state index in [9.17, 15) is 0 Å². The molecule has 0 aromatic carbocycles. The van der Waals surface area contributed by atoms with Crippen molar-refractivity contribution in [3.8, 4) is 0 Å². The Morgan fingerprint density at radius 2 is 2.38 bits per heavy atom. The van der Waals surface area contributed by atoms with Crippen LogP contribution in [0, 0.1) is 13.0 Å². The summed E-state index contributed by atoms with van der Waals surface area (Å²) in [4.78, 5) is 3.95.